The molecular weight excluding hydrogens is 296 g/mol. The summed E-state index contributed by atoms with van der Waals surface area (Å²) in [7, 11) is 3.07. The summed E-state index contributed by atoms with van der Waals surface area (Å²) in [6.07, 6.45) is -0.258. The van der Waals surface area contributed by atoms with Crippen LogP contribution < -0.4 is 10.6 Å². The molecule has 2 amide bonds. The SMILES string of the molecule is COCC(CNC(=O)Nc1sc(C)c(C)c1C(=O)O)OC. The highest BCUT2D eigenvalue weighted by Crippen LogP contribution is 2.32. The first-order valence-electron chi connectivity index (χ1n) is 6.30. The van der Waals surface area contributed by atoms with Gasteiger partial charge in [-0.2, -0.15) is 0 Å². The van der Waals surface area contributed by atoms with Gasteiger partial charge in [-0.05, 0) is 19.4 Å². The Morgan fingerprint density at radius 1 is 1.33 bits per heavy atom. The Hall–Kier alpha value is -1.64. The average Bonchev–Trinajstić information content (AvgIpc) is 2.69. The van der Waals surface area contributed by atoms with Crippen molar-refractivity contribution in [2.45, 2.75) is 20.0 Å². The predicted octanol–water partition coefficient (Wildman–Crippen LogP) is 1.85. The number of thiophene rings is 1. The molecule has 1 atom stereocenters. The van der Waals surface area contributed by atoms with Gasteiger partial charge in [0.1, 0.15) is 5.00 Å². The summed E-state index contributed by atoms with van der Waals surface area (Å²) in [6, 6.07) is -0.475. The summed E-state index contributed by atoms with van der Waals surface area (Å²) in [5.41, 5.74) is 0.796. The van der Waals surface area contributed by atoms with Crippen LogP contribution in [0.15, 0.2) is 0 Å². The van der Waals surface area contributed by atoms with Crippen molar-refractivity contribution in [1.29, 1.82) is 0 Å². The molecule has 1 aromatic rings. The first-order chi connectivity index (χ1) is 9.90. The second-order valence-corrected chi connectivity index (χ2v) is 5.67. The van der Waals surface area contributed by atoms with E-state index in [2.05, 4.69) is 10.6 Å². The lowest BCUT2D eigenvalue weighted by Crippen LogP contribution is -2.38. The number of ether oxygens (including phenoxy) is 2. The number of methoxy groups -OCH3 is 2. The van der Waals surface area contributed by atoms with Crippen LogP contribution in [0.5, 0.6) is 0 Å². The molecule has 7 nitrogen and oxygen atoms in total. The van der Waals surface area contributed by atoms with Gasteiger partial charge in [0, 0.05) is 25.6 Å². The quantitative estimate of drug-likeness (QED) is 0.713. The molecule has 1 unspecified atom stereocenters. The van der Waals surface area contributed by atoms with Gasteiger partial charge in [0.15, 0.2) is 0 Å². The molecule has 0 aliphatic carbocycles. The van der Waals surface area contributed by atoms with Crippen LogP contribution in [-0.2, 0) is 9.47 Å². The van der Waals surface area contributed by atoms with Crippen LogP contribution in [0.3, 0.4) is 0 Å². The van der Waals surface area contributed by atoms with Crippen LogP contribution in [-0.4, -0.2) is 50.6 Å². The molecule has 0 fully saturated rings. The van der Waals surface area contributed by atoms with Gasteiger partial charge in [0.05, 0.1) is 18.3 Å². The van der Waals surface area contributed by atoms with E-state index in [-0.39, 0.29) is 18.2 Å². The molecule has 1 heterocycles. The van der Waals surface area contributed by atoms with E-state index in [9.17, 15) is 14.7 Å². The molecule has 21 heavy (non-hydrogen) atoms. The molecule has 0 saturated heterocycles. The fourth-order valence-corrected chi connectivity index (χ4v) is 2.77. The van der Waals surface area contributed by atoms with Crippen molar-refractivity contribution in [2.75, 3.05) is 32.7 Å². The van der Waals surface area contributed by atoms with Crippen molar-refractivity contribution in [3.63, 3.8) is 0 Å². The number of hydrogen-bond acceptors (Lipinski definition) is 5. The van der Waals surface area contributed by atoms with Gasteiger partial charge in [-0.15, -0.1) is 11.3 Å². The Labute approximate surface area is 127 Å². The smallest absolute Gasteiger partial charge is 0.338 e. The second-order valence-electron chi connectivity index (χ2n) is 4.44. The van der Waals surface area contributed by atoms with E-state index in [1.807, 2.05) is 6.92 Å². The number of nitrogens with one attached hydrogen (secondary N) is 2. The zero-order valence-electron chi connectivity index (χ0n) is 12.5. The Kier molecular flexibility index (Phi) is 6.60. The number of carboxylic acid groups (broad SMARTS) is 1. The number of anilines is 1. The molecule has 1 aromatic heterocycles. The molecule has 8 heteroatoms. The van der Waals surface area contributed by atoms with Crippen LogP contribution in [0.25, 0.3) is 0 Å². The lowest BCUT2D eigenvalue weighted by molar-refractivity contribution is 0.0307. The highest BCUT2D eigenvalue weighted by Gasteiger charge is 2.20. The summed E-state index contributed by atoms with van der Waals surface area (Å²) >= 11 is 1.24. The summed E-state index contributed by atoms with van der Waals surface area (Å²) < 4.78 is 10.1. The topological polar surface area (TPSA) is 96.9 Å². The highest BCUT2D eigenvalue weighted by atomic mass is 32.1. The van der Waals surface area contributed by atoms with Gasteiger partial charge < -0.3 is 19.9 Å². The van der Waals surface area contributed by atoms with Crippen LogP contribution in [0, 0.1) is 13.8 Å². The van der Waals surface area contributed by atoms with Gasteiger partial charge in [-0.25, -0.2) is 9.59 Å². The lowest BCUT2D eigenvalue weighted by Gasteiger charge is -2.15. The van der Waals surface area contributed by atoms with E-state index in [1.54, 1.807) is 14.0 Å². The second kappa shape index (κ2) is 7.96. The number of aromatic carboxylic acids is 1. The molecule has 0 aliphatic heterocycles. The van der Waals surface area contributed by atoms with E-state index in [1.165, 1.54) is 18.4 Å². The van der Waals surface area contributed by atoms with E-state index >= 15 is 0 Å². The Bertz CT molecular complexity index is 515. The number of carbonyl (C=O) groups is 2. The average molecular weight is 316 g/mol. The van der Waals surface area contributed by atoms with Crippen molar-refractivity contribution in [3.05, 3.63) is 16.0 Å². The van der Waals surface area contributed by atoms with Crippen molar-refractivity contribution in [3.8, 4) is 0 Å². The van der Waals surface area contributed by atoms with Gasteiger partial charge in [-0.3, -0.25) is 5.32 Å². The van der Waals surface area contributed by atoms with Crippen LogP contribution in [0.1, 0.15) is 20.8 Å². The molecule has 0 aromatic carbocycles. The van der Waals surface area contributed by atoms with E-state index < -0.39 is 12.0 Å². The monoisotopic (exact) mass is 316 g/mol. The highest BCUT2D eigenvalue weighted by molar-refractivity contribution is 7.16. The maximum atomic E-state index is 11.8. The number of amides is 2. The van der Waals surface area contributed by atoms with Gasteiger partial charge in [0.2, 0.25) is 0 Å². The first-order valence-corrected chi connectivity index (χ1v) is 7.12. The zero-order valence-corrected chi connectivity index (χ0v) is 13.3. The van der Waals surface area contributed by atoms with E-state index in [0.717, 1.165) is 4.88 Å². The largest absolute Gasteiger partial charge is 0.478 e. The van der Waals surface area contributed by atoms with Crippen LogP contribution >= 0.6 is 11.3 Å². The number of carboxylic acids is 1. The van der Waals surface area contributed by atoms with E-state index in [0.29, 0.717) is 17.2 Å². The van der Waals surface area contributed by atoms with E-state index in [4.69, 9.17) is 9.47 Å². The maximum Gasteiger partial charge on any atom is 0.338 e. The fraction of sp³-hybridized carbons (Fsp3) is 0.538. The van der Waals surface area contributed by atoms with Gasteiger partial charge >= 0.3 is 12.0 Å². The Morgan fingerprint density at radius 3 is 2.52 bits per heavy atom. The number of rotatable bonds is 7. The van der Waals surface area contributed by atoms with Crippen molar-refractivity contribution < 1.29 is 24.2 Å². The molecular formula is C13H20N2O5S. The standard InChI is InChI=1S/C13H20N2O5S/c1-7-8(2)21-11(10(7)12(16)17)15-13(18)14-5-9(20-4)6-19-3/h9H,5-6H2,1-4H3,(H,16,17)(H2,14,15,18). The molecule has 0 spiro atoms. The minimum absolute atomic E-state index is 0.132. The summed E-state index contributed by atoms with van der Waals surface area (Å²) in [6.45, 7) is 4.16. The molecule has 0 aliphatic rings. The molecule has 1 rings (SSSR count). The molecule has 3 N–H and O–H groups in total. The molecule has 0 saturated carbocycles. The number of hydrogen-bond donors (Lipinski definition) is 3. The third kappa shape index (κ3) is 4.69. The minimum Gasteiger partial charge on any atom is -0.478 e. The third-order valence-corrected chi connectivity index (χ3v) is 4.13. The predicted molar refractivity (Wildman–Crippen MR) is 80.4 cm³/mol. The van der Waals surface area contributed by atoms with Crippen molar-refractivity contribution >= 4 is 28.3 Å². The Morgan fingerprint density at radius 2 is 2.00 bits per heavy atom. The molecule has 0 radical (unpaired) electrons. The van der Waals surface area contributed by atoms with Gasteiger partial charge in [-0.1, -0.05) is 0 Å². The summed E-state index contributed by atoms with van der Waals surface area (Å²) in [5.74, 6) is -1.05. The zero-order chi connectivity index (χ0) is 16.0. The van der Waals surface area contributed by atoms with Gasteiger partial charge in [0.25, 0.3) is 0 Å². The maximum absolute atomic E-state index is 11.8. The third-order valence-electron chi connectivity index (χ3n) is 3.00. The molecule has 0 bridgehead atoms. The number of urea groups is 1. The van der Waals surface area contributed by atoms with Crippen LogP contribution in [0.2, 0.25) is 0 Å². The first kappa shape index (κ1) is 17.4. The number of aryl methyl sites for hydroxylation is 1. The lowest BCUT2D eigenvalue weighted by atomic mass is 10.1. The minimum atomic E-state index is -1.05. The molecule has 118 valence electrons. The van der Waals surface area contributed by atoms with Crippen LogP contribution in [0.4, 0.5) is 9.80 Å². The van der Waals surface area contributed by atoms with Crippen molar-refractivity contribution in [2.24, 2.45) is 0 Å². The van der Waals surface area contributed by atoms with Crippen molar-refractivity contribution in [1.82, 2.24) is 5.32 Å². The summed E-state index contributed by atoms with van der Waals surface area (Å²) in [4.78, 5) is 23.9. The normalized spacial score (nSPS) is 12.0. The summed E-state index contributed by atoms with van der Waals surface area (Å²) in [5, 5.41) is 14.7. The fourth-order valence-electron chi connectivity index (χ4n) is 1.72. The Balaban J connectivity index is 2.67. The number of carbonyl (C=O) groups excluding carboxylic acids is 1.